The van der Waals surface area contributed by atoms with Crippen LogP contribution in [0.1, 0.15) is 20.3 Å². The van der Waals surface area contributed by atoms with Gasteiger partial charge in [-0.05, 0) is 48.9 Å². The van der Waals surface area contributed by atoms with E-state index in [-0.39, 0.29) is 15.7 Å². The topological polar surface area (TPSA) is 87.3 Å². The van der Waals surface area contributed by atoms with Gasteiger partial charge in [-0.15, -0.1) is 0 Å². The van der Waals surface area contributed by atoms with E-state index in [1.165, 1.54) is 19.1 Å². The minimum Gasteiger partial charge on any atom is -0.387 e. The van der Waals surface area contributed by atoms with Crippen LogP contribution >= 0.6 is 0 Å². The first kappa shape index (κ1) is 18.8. The molecule has 3 N–H and O–H groups in total. The lowest BCUT2D eigenvalue weighted by atomic mass is 10.2. The van der Waals surface area contributed by atoms with E-state index in [1.54, 1.807) is 37.4 Å². The molecule has 0 saturated carbocycles. The molecule has 0 saturated heterocycles. The zero-order valence-electron chi connectivity index (χ0n) is 14.6. The van der Waals surface area contributed by atoms with Gasteiger partial charge in [0, 0.05) is 31.9 Å². The van der Waals surface area contributed by atoms with Crippen molar-refractivity contribution in [1.82, 2.24) is 0 Å². The van der Waals surface area contributed by atoms with Crippen LogP contribution in [0.15, 0.2) is 52.3 Å². The highest BCUT2D eigenvalue weighted by molar-refractivity contribution is 7.91. The van der Waals surface area contributed by atoms with E-state index in [0.29, 0.717) is 11.4 Å². The van der Waals surface area contributed by atoms with E-state index < -0.39 is 9.84 Å². The van der Waals surface area contributed by atoms with Crippen LogP contribution in [0, 0.1) is 0 Å². The lowest BCUT2D eigenvalue weighted by Gasteiger charge is -2.13. The second-order valence-electron chi connectivity index (χ2n) is 5.60. The van der Waals surface area contributed by atoms with Gasteiger partial charge in [0.2, 0.25) is 15.7 Å². The second kappa shape index (κ2) is 8.02. The third-order valence-corrected chi connectivity index (χ3v) is 5.43. The van der Waals surface area contributed by atoms with Gasteiger partial charge in [-0.3, -0.25) is 4.79 Å². The first-order valence-corrected chi connectivity index (χ1v) is 9.55. The Bertz CT molecular complexity index is 846. The van der Waals surface area contributed by atoms with Crippen molar-refractivity contribution in [3.8, 4) is 0 Å². The summed E-state index contributed by atoms with van der Waals surface area (Å²) in [5.74, 6) is -0.205. The van der Waals surface area contributed by atoms with Crippen molar-refractivity contribution >= 4 is 32.8 Å². The Morgan fingerprint density at radius 3 is 2.24 bits per heavy atom. The SMILES string of the molecule is CCCNc1ccc(S(=O)(=O)c2ccc(NC(C)=O)cc2)c(NC)c1. The molecule has 134 valence electrons. The predicted octanol–water partition coefficient (Wildman–Crippen LogP) is 3.34. The van der Waals surface area contributed by atoms with Crippen LogP contribution in [0.3, 0.4) is 0 Å². The van der Waals surface area contributed by atoms with E-state index in [4.69, 9.17) is 0 Å². The normalized spacial score (nSPS) is 11.0. The average Bonchev–Trinajstić information content (AvgIpc) is 2.59. The van der Waals surface area contributed by atoms with Gasteiger partial charge in [-0.25, -0.2) is 8.42 Å². The molecule has 0 fully saturated rings. The molecule has 2 rings (SSSR count). The summed E-state index contributed by atoms with van der Waals surface area (Å²) in [6.45, 7) is 4.28. The van der Waals surface area contributed by atoms with Gasteiger partial charge >= 0.3 is 0 Å². The Hall–Kier alpha value is -2.54. The summed E-state index contributed by atoms with van der Waals surface area (Å²) in [6, 6.07) is 11.3. The maximum Gasteiger partial charge on any atom is 0.221 e. The van der Waals surface area contributed by atoms with E-state index in [9.17, 15) is 13.2 Å². The smallest absolute Gasteiger partial charge is 0.221 e. The Kier molecular flexibility index (Phi) is 6.03. The summed E-state index contributed by atoms with van der Waals surface area (Å²) >= 11 is 0. The maximum atomic E-state index is 12.9. The summed E-state index contributed by atoms with van der Waals surface area (Å²) in [5, 5.41) is 8.81. The molecular formula is C18H23N3O3S. The van der Waals surface area contributed by atoms with Gasteiger partial charge in [0.05, 0.1) is 15.5 Å². The third-order valence-electron chi connectivity index (χ3n) is 3.60. The molecule has 0 aliphatic carbocycles. The van der Waals surface area contributed by atoms with Gasteiger partial charge in [-0.1, -0.05) is 6.92 Å². The van der Waals surface area contributed by atoms with E-state index in [0.717, 1.165) is 18.7 Å². The van der Waals surface area contributed by atoms with Crippen molar-refractivity contribution in [3.63, 3.8) is 0 Å². The number of anilines is 3. The Morgan fingerprint density at radius 1 is 1.04 bits per heavy atom. The molecule has 6 nitrogen and oxygen atoms in total. The number of benzene rings is 2. The zero-order chi connectivity index (χ0) is 18.4. The molecule has 0 aliphatic rings. The predicted molar refractivity (Wildman–Crippen MR) is 101 cm³/mol. The van der Waals surface area contributed by atoms with Crippen molar-refractivity contribution in [2.45, 2.75) is 30.1 Å². The monoisotopic (exact) mass is 361 g/mol. The van der Waals surface area contributed by atoms with Crippen LogP contribution in [0.4, 0.5) is 17.1 Å². The van der Waals surface area contributed by atoms with Crippen molar-refractivity contribution in [2.24, 2.45) is 0 Å². The first-order chi connectivity index (χ1) is 11.9. The molecule has 1 amide bonds. The number of sulfone groups is 1. The number of rotatable bonds is 7. The van der Waals surface area contributed by atoms with Crippen molar-refractivity contribution in [3.05, 3.63) is 42.5 Å². The first-order valence-electron chi connectivity index (χ1n) is 8.07. The number of carbonyl (C=O) groups excluding carboxylic acids is 1. The van der Waals surface area contributed by atoms with E-state index in [1.807, 2.05) is 0 Å². The standard InChI is InChI=1S/C18H23N3O3S/c1-4-11-20-15-7-10-18(17(12-15)19-3)25(23,24)16-8-5-14(6-9-16)21-13(2)22/h5-10,12,19-20H,4,11H2,1-3H3,(H,21,22). The molecule has 2 aromatic rings. The number of hydrogen-bond donors (Lipinski definition) is 3. The van der Waals surface area contributed by atoms with Crippen LogP contribution in [0.5, 0.6) is 0 Å². The Labute approximate surface area is 148 Å². The number of carbonyl (C=O) groups is 1. The minimum absolute atomic E-state index is 0.173. The molecule has 2 aromatic carbocycles. The summed E-state index contributed by atoms with van der Waals surface area (Å²) in [7, 11) is -1.97. The minimum atomic E-state index is -3.67. The summed E-state index contributed by atoms with van der Waals surface area (Å²) in [6.07, 6.45) is 0.982. The van der Waals surface area contributed by atoms with Crippen LogP contribution in [-0.4, -0.2) is 27.9 Å². The van der Waals surface area contributed by atoms with Gasteiger partial charge in [0.25, 0.3) is 0 Å². The molecule has 0 aromatic heterocycles. The molecule has 0 aliphatic heterocycles. The van der Waals surface area contributed by atoms with Gasteiger partial charge in [0.1, 0.15) is 0 Å². The van der Waals surface area contributed by atoms with Crippen LogP contribution in [-0.2, 0) is 14.6 Å². The van der Waals surface area contributed by atoms with Crippen LogP contribution in [0.2, 0.25) is 0 Å². The van der Waals surface area contributed by atoms with Crippen molar-refractivity contribution < 1.29 is 13.2 Å². The van der Waals surface area contributed by atoms with Crippen LogP contribution in [0.25, 0.3) is 0 Å². The summed E-state index contributed by atoms with van der Waals surface area (Å²) in [4.78, 5) is 11.4. The fraction of sp³-hybridized carbons (Fsp3) is 0.278. The second-order valence-corrected chi connectivity index (χ2v) is 7.51. The number of hydrogen-bond acceptors (Lipinski definition) is 5. The fourth-order valence-corrected chi connectivity index (χ4v) is 3.83. The molecule has 0 heterocycles. The van der Waals surface area contributed by atoms with Gasteiger partial charge < -0.3 is 16.0 Å². The number of nitrogens with one attached hydrogen (secondary N) is 3. The zero-order valence-corrected chi connectivity index (χ0v) is 15.4. The molecule has 0 bridgehead atoms. The molecular weight excluding hydrogens is 338 g/mol. The molecule has 7 heteroatoms. The molecule has 25 heavy (non-hydrogen) atoms. The quantitative estimate of drug-likeness (QED) is 0.704. The molecule has 0 spiro atoms. The van der Waals surface area contributed by atoms with E-state index >= 15 is 0 Å². The number of amides is 1. The molecule has 0 unspecified atom stereocenters. The van der Waals surface area contributed by atoms with Crippen molar-refractivity contribution in [1.29, 1.82) is 0 Å². The maximum absolute atomic E-state index is 12.9. The Balaban J connectivity index is 2.36. The largest absolute Gasteiger partial charge is 0.387 e. The Morgan fingerprint density at radius 2 is 1.68 bits per heavy atom. The van der Waals surface area contributed by atoms with Crippen LogP contribution < -0.4 is 16.0 Å². The molecule has 0 radical (unpaired) electrons. The lowest BCUT2D eigenvalue weighted by molar-refractivity contribution is -0.114. The summed E-state index contributed by atoms with van der Waals surface area (Å²) < 4.78 is 25.8. The average molecular weight is 361 g/mol. The summed E-state index contributed by atoms with van der Waals surface area (Å²) in [5.41, 5.74) is 1.96. The van der Waals surface area contributed by atoms with E-state index in [2.05, 4.69) is 22.9 Å². The highest BCUT2D eigenvalue weighted by Crippen LogP contribution is 2.30. The highest BCUT2D eigenvalue weighted by Gasteiger charge is 2.21. The lowest BCUT2D eigenvalue weighted by Crippen LogP contribution is -2.08. The van der Waals surface area contributed by atoms with Gasteiger partial charge in [-0.2, -0.15) is 0 Å². The third kappa shape index (κ3) is 4.51. The van der Waals surface area contributed by atoms with Crippen molar-refractivity contribution in [2.75, 3.05) is 29.5 Å². The molecule has 0 atom stereocenters. The fourth-order valence-electron chi connectivity index (χ4n) is 2.39. The van der Waals surface area contributed by atoms with Gasteiger partial charge in [0.15, 0.2) is 0 Å². The highest BCUT2D eigenvalue weighted by atomic mass is 32.2.